The summed E-state index contributed by atoms with van der Waals surface area (Å²) in [5.74, 6) is 1.52. The highest BCUT2D eigenvalue weighted by molar-refractivity contribution is 9.10. The maximum atomic E-state index is 6.16. The summed E-state index contributed by atoms with van der Waals surface area (Å²) in [6, 6.07) is 8.33. The normalized spacial score (nSPS) is 10.8. The summed E-state index contributed by atoms with van der Waals surface area (Å²) in [6.45, 7) is 4.24. The lowest BCUT2D eigenvalue weighted by atomic mass is 10.2. The maximum Gasteiger partial charge on any atom is 0.147 e. The third-order valence-corrected chi connectivity index (χ3v) is 5.37. The molecule has 0 N–H and O–H groups in total. The number of thioether (sulfide) groups is 1. The van der Waals surface area contributed by atoms with Crippen LogP contribution >= 0.6 is 39.3 Å². The minimum atomic E-state index is 0.504. The molecule has 0 aliphatic carbocycles. The van der Waals surface area contributed by atoms with Crippen LogP contribution in [0.1, 0.15) is 30.4 Å². The number of benzene rings is 1. The third-order valence-electron chi connectivity index (χ3n) is 2.86. The minimum absolute atomic E-state index is 0.504. The summed E-state index contributed by atoms with van der Waals surface area (Å²) in [5, 5.41) is 0.504. The first-order chi connectivity index (χ1) is 9.61. The van der Waals surface area contributed by atoms with E-state index < -0.39 is 0 Å². The van der Waals surface area contributed by atoms with Crippen molar-refractivity contribution in [3.05, 3.63) is 51.0 Å². The van der Waals surface area contributed by atoms with Crippen molar-refractivity contribution in [3.8, 4) is 0 Å². The quantitative estimate of drug-likeness (QED) is 0.516. The van der Waals surface area contributed by atoms with Crippen LogP contribution in [0.3, 0.4) is 0 Å². The van der Waals surface area contributed by atoms with Gasteiger partial charge in [0.25, 0.3) is 0 Å². The average Bonchev–Trinajstić information content (AvgIpc) is 2.43. The lowest BCUT2D eigenvalue weighted by molar-refractivity contribution is 0.845. The van der Waals surface area contributed by atoms with E-state index in [0.29, 0.717) is 5.15 Å². The molecule has 0 saturated heterocycles. The molecule has 0 bridgehead atoms. The van der Waals surface area contributed by atoms with Crippen molar-refractivity contribution in [2.75, 3.05) is 0 Å². The van der Waals surface area contributed by atoms with Crippen LogP contribution in [0, 0.1) is 6.92 Å². The molecular weight excluding hydrogens is 356 g/mol. The highest BCUT2D eigenvalue weighted by atomic mass is 79.9. The largest absolute Gasteiger partial charge is 0.236 e. The van der Waals surface area contributed by atoms with E-state index in [0.717, 1.165) is 34.6 Å². The van der Waals surface area contributed by atoms with Crippen LogP contribution < -0.4 is 0 Å². The number of hydrogen-bond donors (Lipinski definition) is 0. The Morgan fingerprint density at radius 1 is 1.25 bits per heavy atom. The lowest BCUT2D eigenvalue weighted by Crippen LogP contribution is -2.01. The standard InChI is InChI=1S/C15H16BrClN2S/c1-3-6-11-14(16)15(17)19-13(18-11)9-20-12-8-5-4-7-10(12)2/h4-5,7-8H,3,6,9H2,1-2H3. The molecule has 5 heteroatoms. The molecule has 0 aliphatic heterocycles. The lowest BCUT2D eigenvalue weighted by Gasteiger charge is -2.08. The molecule has 2 nitrogen and oxygen atoms in total. The molecule has 2 aromatic rings. The number of hydrogen-bond acceptors (Lipinski definition) is 3. The smallest absolute Gasteiger partial charge is 0.147 e. The molecule has 20 heavy (non-hydrogen) atoms. The van der Waals surface area contributed by atoms with Gasteiger partial charge < -0.3 is 0 Å². The fourth-order valence-electron chi connectivity index (χ4n) is 1.84. The Balaban J connectivity index is 2.16. The van der Waals surface area contributed by atoms with Crippen LogP contribution in [-0.4, -0.2) is 9.97 Å². The summed E-state index contributed by atoms with van der Waals surface area (Å²) in [7, 11) is 0. The van der Waals surface area contributed by atoms with Gasteiger partial charge in [-0.25, -0.2) is 9.97 Å². The first-order valence-corrected chi connectivity index (χ1v) is 8.66. The summed E-state index contributed by atoms with van der Waals surface area (Å²) in [5.41, 5.74) is 2.27. The molecule has 0 radical (unpaired) electrons. The number of aryl methyl sites for hydroxylation is 2. The van der Waals surface area contributed by atoms with Crippen molar-refractivity contribution in [2.45, 2.75) is 37.3 Å². The fourth-order valence-corrected chi connectivity index (χ4v) is 3.31. The van der Waals surface area contributed by atoms with E-state index >= 15 is 0 Å². The van der Waals surface area contributed by atoms with Gasteiger partial charge in [0.2, 0.25) is 0 Å². The van der Waals surface area contributed by atoms with Gasteiger partial charge in [-0.2, -0.15) is 0 Å². The predicted molar refractivity (Wildman–Crippen MR) is 89.5 cm³/mol. The Morgan fingerprint density at radius 2 is 2.00 bits per heavy atom. The zero-order valence-corrected chi connectivity index (χ0v) is 14.6. The van der Waals surface area contributed by atoms with Gasteiger partial charge in [0.1, 0.15) is 11.0 Å². The Kier molecular flexibility index (Phi) is 5.87. The van der Waals surface area contributed by atoms with Gasteiger partial charge >= 0.3 is 0 Å². The molecule has 0 amide bonds. The number of rotatable bonds is 5. The van der Waals surface area contributed by atoms with Crippen LogP contribution in [0.25, 0.3) is 0 Å². The topological polar surface area (TPSA) is 25.8 Å². The van der Waals surface area contributed by atoms with Crippen molar-refractivity contribution in [1.29, 1.82) is 0 Å². The molecule has 106 valence electrons. The van der Waals surface area contributed by atoms with Gasteiger partial charge in [-0.05, 0) is 40.9 Å². The van der Waals surface area contributed by atoms with E-state index in [1.807, 2.05) is 12.1 Å². The number of halogens is 2. The Bertz CT molecular complexity index is 604. The van der Waals surface area contributed by atoms with Crippen LogP contribution in [0.4, 0.5) is 0 Å². The highest BCUT2D eigenvalue weighted by Crippen LogP contribution is 2.28. The van der Waals surface area contributed by atoms with Crippen LogP contribution in [0.15, 0.2) is 33.6 Å². The average molecular weight is 372 g/mol. The molecule has 0 aliphatic rings. The number of nitrogens with zero attached hydrogens (tertiary/aromatic N) is 2. The van der Waals surface area contributed by atoms with E-state index in [9.17, 15) is 0 Å². The van der Waals surface area contributed by atoms with E-state index in [2.05, 4.69) is 51.9 Å². The zero-order chi connectivity index (χ0) is 14.5. The minimum Gasteiger partial charge on any atom is -0.236 e. The second-order valence-corrected chi connectivity index (χ2v) is 6.66. The van der Waals surface area contributed by atoms with Gasteiger partial charge in [-0.15, -0.1) is 11.8 Å². The summed E-state index contributed by atoms with van der Waals surface area (Å²) in [4.78, 5) is 10.2. The zero-order valence-electron chi connectivity index (χ0n) is 11.5. The summed E-state index contributed by atoms with van der Waals surface area (Å²) < 4.78 is 0.825. The second-order valence-electron chi connectivity index (χ2n) is 4.50. The molecule has 1 aromatic carbocycles. The maximum absolute atomic E-state index is 6.16. The van der Waals surface area contributed by atoms with Crippen molar-refractivity contribution in [3.63, 3.8) is 0 Å². The van der Waals surface area contributed by atoms with E-state index in [-0.39, 0.29) is 0 Å². The Hall–Kier alpha value is -0.580. The molecule has 0 spiro atoms. The van der Waals surface area contributed by atoms with Crippen LogP contribution in [-0.2, 0) is 12.2 Å². The van der Waals surface area contributed by atoms with E-state index in [1.54, 1.807) is 11.8 Å². The van der Waals surface area contributed by atoms with E-state index in [1.165, 1.54) is 10.5 Å². The SMILES string of the molecule is CCCc1nc(CSc2ccccc2C)nc(Cl)c1Br. The second kappa shape index (κ2) is 7.43. The molecule has 1 aromatic heterocycles. The van der Waals surface area contributed by atoms with Crippen LogP contribution in [0.2, 0.25) is 5.15 Å². The van der Waals surface area contributed by atoms with Crippen LogP contribution in [0.5, 0.6) is 0 Å². The monoisotopic (exact) mass is 370 g/mol. The number of aromatic nitrogens is 2. The fraction of sp³-hybridized carbons (Fsp3) is 0.333. The summed E-state index contributed by atoms with van der Waals surface area (Å²) >= 11 is 11.4. The highest BCUT2D eigenvalue weighted by Gasteiger charge is 2.10. The first-order valence-electron chi connectivity index (χ1n) is 6.51. The molecule has 0 fully saturated rings. The van der Waals surface area contributed by atoms with Crippen molar-refractivity contribution in [1.82, 2.24) is 9.97 Å². The molecule has 2 rings (SSSR count). The molecular formula is C15H16BrClN2S. The third kappa shape index (κ3) is 3.96. The van der Waals surface area contributed by atoms with Gasteiger partial charge in [-0.1, -0.05) is 43.1 Å². The Labute approximate surface area is 137 Å². The van der Waals surface area contributed by atoms with Crippen molar-refractivity contribution in [2.24, 2.45) is 0 Å². The first kappa shape index (κ1) is 15.8. The Morgan fingerprint density at radius 3 is 2.70 bits per heavy atom. The van der Waals surface area contributed by atoms with Gasteiger partial charge in [0.05, 0.1) is 15.9 Å². The van der Waals surface area contributed by atoms with E-state index in [4.69, 9.17) is 11.6 Å². The van der Waals surface area contributed by atoms with Crippen molar-refractivity contribution < 1.29 is 0 Å². The predicted octanol–water partition coefficient (Wildman–Crippen LogP) is 5.45. The summed E-state index contributed by atoms with van der Waals surface area (Å²) in [6.07, 6.45) is 1.95. The molecule has 1 heterocycles. The van der Waals surface area contributed by atoms with Crippen molar-refractivity contribution >= 4 is 39.3 Å². The molecule has 0 unspecified atom stereocenters. The van der Waals surface area contributed by atoms with Gasteiger partial charge in [-0.3, -0.25) is 0 Å². The molecule has 0 atom stereocenters. The molecule has 0 saturated carbocycles. The van der Waals surface area contributed by atoms with Gasteiger partial charge in [0.15, 0.2) is 0 Å². The van der Waals surface area contributed by atoms with Gasteiger partial charge in [0, 0.05) is 4.90 Å².